The van der Waals surface area contributed by atoms with Crippen LogP contribution >= 0.6 is 0 Å². The van der Waals surface area contributed by atoms with Gasteiger partial charge >= 0.3 is 11.9 Å². The van der Waals surface area contributed by atoms with Gasteiger partial charge in [-0.2, -0.15) is 0 Å². The molecular formula is C23H34O5. The highest BCUT2D eigenvalue weighted by atomic mass is 16.5. The number of carbonyl (C=O) groups is 3. The fourth-order valence-corrected chi connectivity index (χ4v) is 7.69. The summed E-state index contributed by atoms with van der Waals surface area (Å²) in [6, 6.07) is 0. The first-order valence-corrected chi connectivity index (χ1v) is 11.0. The van der Waals surface area contributed by atoms with Gasteiger partial charge in [0.2, 0.25) is 0 Å². The third-order valence-corrected chi connectivity index (χ3v) is 8.96. The van der Waals surface area contributed by atoms with Crippen molar-refractivity contribution in [1.82, 2.24) is 0 Å². The topological polar surface area (TPSA) is 69.7 Å². The summed E-state index contributed by atoms with van der Waals surface area (Å²) in [5.41, 5.74) is 0.0166. The number of hydrogen-bond acceptors (Lipinski definition) is 5. The molecule has 0 radical (unpaired) electrons. The fraction of sp³-hybridized carbons (Fsp3) is 0.870. The number of rotatable bonds is 2. The maximum Gasteiger partial charge on any atom is 0.302 e. The van der Waals surface area contributed by atoms with Crippen molar-refractivity contribution in [3.8, 4) is 0 Å². The van der Waals surface area contributed by atoms with Gasteiger partial charge in [0.1, 0.15) is 18.0 Å². The van der Waals surface area contributed by atoms with Crippen LogP contribution in [0.5, 0.6) is 0 Å². The summed E-state index contributed by atoms with van der Waals surface area (Å²) < 4.78 is 11.2. The first-order valence-electron chi connectivity index (χ1n) is 11.0. The molecule has 5 nitrogen and oxygen atoms in total. The molecule has 4 aliphatic carbocycles. The number of hydrogen-bond donors (Lipinski definition) is 0. The van der Waals surface area contributed by atoms with E-state index in [9.17, 15) is 14.4 Å². The van der Waals surface area contributed by atoms with E-state index in [0.717, 1.165) is 38.5 Å². The molecule has 0 N–H and O–H groups in total. The molecule has 0 aromatic rings. The lowest BCUT2D eigenvalue weighted by atomic mass is 9.45. The van der Waals surface area contributed by atoms with E-state index < -0.39 is 0 Å². The molecule has 4 rings (SSSR count). The maximum atomic E-state index is 13.2. The van der Waals surface area contributed by atoms with Crippen LogP contribution in [0.25, 0.3) is 0 Å². The predicted molar refractivity (Wildman–Crippen MR) is 103 cm³/mol. The second-order valence-corrected chi connectivity index (χ2v) is 10.3. The summed E-state index contributed by atoms with van der Waals surface area (Å²) >= 11 is 0. The molecule has 0 aromatic heterocycles. The number of Topliss-reactive ketones (excluding diaryl/α,β-unsaturated/α-hetero) is 1. The molecule has 0 saturated heterocycles. The summed E-state index contributed by atoms with van der Waals surface area (Å²) in [7, 11) is 0. The van der Waals surface area contributed by atoms with Crippen LogP contribution in [0.4, 0.5) is 0 Å². The Kier molecular flexibility index (Phi) is 4.86. The van der Waals surface area contributed by atoms with E-state index in [1.165, 1.54) is 13.8 Å². The van der Waals surface area contributed by atoms with Gasteiger partial charge in [-0.15, -0.1) is 0 Å². The standard InChI is InChI=1S/C23H34O5/c1-13(24)27-15-7-9-22(3)18-8-10-23(4)17(5-6-21(23)28-14(2)25)16(18)12-20(26)19(22)11-15/h15-19,21H,5-12H2,1-4H3/t15-,16-,17?,18?,19+,21-,22+,23-/m0/s1. The van der Waals surface area contributed by atoms with E-state index in [-0.39, 0.29) is 40.9 Å². The Hall–Kier alpha value is -1.39. The van der Waals surface area contributed by atoms with Crippen molar-refractivity contribution in [2.75, 3.05) is 0 Å². The minimum atomic E-state index is -0.245. The number of ketones is 1. The zero-order valence-electron chi connectivity index (χ0n) is 17.7. The van der Waals surface area contributed by atoms with Gasteiger partial charge in [0.15, 0.2) is 0 Å². The summed E-state index contributed by atoms with van der Waals surface area (Å²) in [4.78, 5) is 36.2. The van der Waals surface area contributed by atoms with Crippen LogP contribution in [0, 0.1) is 34.5 Å². The Morgan fingerprint density at radius 2 is 1.54 bits per heavy atom. The molecule has 0 amide bonds. The number of carbonyl (C=O) groups excluding carboxylic acids is 3. The van der Waals surface area contributed by atoms with Gasteiger partial charge in [0, 0.05) is 31.6 Å². The Bertz CT molecular complexity index is 686. The van der Waals surface area contributed by atoms with Crippen LogP contribution in [-0.2, 0) is 23.9 Å². The Morgan fingerprint density at radius 1 is 0.893 bits per heavy atom. The second-order valence-electron chi connectivity index (χ2n) is 10.3. The lowest BCUT2D eigenvalue weighted by Gasteiger charge is -2.59. The van der Waals surface area contributed by atoms with Crippen LogP contribution in [-0.4, -0.2) is 29.9 Å². The van der Waals surface area contributed by atoms with Crippen molar-refractivity contribution in [3.05, 3.63) is 0 Å². The average Bonchev–Trinajstić information content (AvgIpc) is 2.92. The second kappa shape index (κ2) is 6.84. The normalized spacial score (nSPS) is 47.5. The highest BCUT2D eigenvalue weighted by Gasteiger charge is 2.63. The highest BCUT2D eigenvalue weighted by Crippen LogP contribution is 2.66. The van der Waals surface area contributed by atoms with Crippen molar-refractivity contribution in [2.45, 2.75) is 91.3 Å². The zero-order valence-corrected chi connectivity index (χ0v) is 17.7. The Morgan fingerprint density at radius 3 is 2.21 bits per heavy atom. The number of ether oxygens (including phenoxy) is 2. The lowest BCUT2D eigenvalue weighted by Crippen LogP contribution is -2.57. The highest BCUT2D eigenvalue weighted by molar-refractivity contribution is 5.83. The molecule has 156 valence electrons. The smallest absolute Gasteiger partial charge is 0.302 e. The van der Waals surface area contributed by atoms with Gasteiger partial charge in [-0.3, -0.25) is 14.4 Å². The lowest BCUT2D eigenvalue weighted by molar-refractivity contribution is -0.174. The fourth-order valence-electron chi connectivity index (χ4n) is 7.69. The summed E-state index contributed by atoms with van der Waals surface area (Å²) in [6.07, 6.45) is 7.20. The zero-order chi connectivity index (χ0) is 20.3. The van der Waals surface area contributed by atoms with Crippen molar-refractivity contribution in [2.24, 2.45) is 34.5 Å². The Labute approximate surface area is 167 Å². The van der Waals surface area contributed by atoms with Crippen LogP contribution in [0.1, 0.15) is 79.1 Å². The van der Waals surface area contributed by atoms with Gasteiger partial charge in [-0.1, -0.05) is 13.8 Å². The molecule has 8 atom stereocenters. The van der Waals surface area contributed by atoms with E-state index in [0.29, 0.717) is 36.4 Å². The van der Waals surface area contributed by atoms with Crippen molar-refractivity contribution in [1.29, 1.82) is 0 Å². The SMILES string of the molecule is CC(=O)O[C@H]1CC[C@]2(C)C3CC[C@@]4(C)C(CC[C@@H]4OC(C)=O)[C@@H]3CC(=O)[C@H]2C1. The predicted octanol–water partition coefficient (Wildman–Crippen LogP) is 4.07. The third kappa shape index (κ3) is 3.00. The van der Waals surface area contributed by atoms with E-state index in [1.54, 1.807) is 0 Å². The van der Waals surface area contributed by atoms with Crippen LogP contribution < -0.4 is 0 Å². The van der Waals surface area contributed by atoms with E-state index in [1.807, 2.05) is 0 Å². The van der Waals surface area contributed by atoms with Crippen LogP contribution in [0.3, 0.4) is 0 Å². The van der Waals surface area contributed by atoms with E-state index in [2.05, 4.69) is 13.8 Å². The summed E-state index contributed by atoms with van der Waals surface area (Å²) in [6.45, 7) is 7.55. The molecule has 4 aliphatic rings. The molecule has 4 fully saturated rings. The molecule has 5 heteroatoms. The first kappa shape index (κ1) is 19.9. The van der Waals surface area contributed by atoms with Crippen LogP contribution in [0.2, 0.25) is 0 Å². The average molecular weight is 391 g/mol. The van der Waals surface area contributed by atoms with Gasteiger partial charge in [-0.05, 0) is 68.1 Å². The first-order chi connectivity index (χ1) is 13.1. The minimum Gasteiger partial charge on any atom is -0.463 e. The van der Waals surface area contributed by atoms with Gasteiger partial charge in [0.05, 0.1) is 0 Å². The van der Waals surface area contributed by atoms with E-state index in [4.69, 9.17) is 9.47 Å². The van der Waals surface area contributed by atoms with Crippen molar-refractivity contribution >= 4 is 17.7 Å². The molecule has 2 unspecified atom stereocenters. The van der Waals surface area contributed by atoms with Crippen molar-refractivity contribution in [3.63, 3.8) is 0 Å². The molecule has 0 aliphatic heterocycles. The minimum absolute atomic E-state index is 0.00344. The summed E-state index contributed by atoms with van der Waals surface area (Å²) in [5.74, 6) is 1.35. The van der Waals surface area contributed by atoms with Crippen LogP contribution in [0.15, 0.2) is 0 Å². The van der Waals surface area contributed by atoms with Gasteiger partial charge in [-0.25, -0.2) is 0 Å². The number of esters is 2. The number of fused-ring (bicyclic) bond motifs is 5. The Balaban J connectivity index is 1.56. The molecule has 0 aromatic carbocycles. The molecule has 0 spiro atoms. The molecular weight excluding hydrogens is 356 g/mol. The molecule has 0 heterocycles. The molecule has 28 heavy (non-hydrogen) atoms. The maximum absolute atomic E-state index is 13.2. The molecule has 4 saturated carbocycles. The van der Waals surface area contributed by atoms with E-state index >= 15 is 0 Å². The van der Waals surface area contributed by atoms with Gasteiger partial charge < -0.3 is 9.47 Å². The van der Waals surface area contributed by atoms with Gasteiger partial charge in [0.25, 0.3) is 0 Å². The summed E-state index contributed by atoms with van der Waals surface area (Å²) in [5, 5.41) is 0. The third-order valence-electron chi connectivity index (χ3n) is 8.96. The largest absolute Gasteiger partial charge is 0.463 e. The quantitative estimate of drug-likeness (QED) is 0.665. The molecule has 0 bridgehead atoms. The monoisotopic (exact) mass is 390 g/mol. The van der Waals surface area contributed by atoms with Crippen molar-refractivity contribution < 1.29 is 23.9 Å².